The van der Waals surface area contributed by atoms with Crippen LogP contribution in [0.1, 0.15) is 19.3 Å². The molecule has 0 aliphatic carbocycles. The molecule has 4 heteroatoms. The minimum Gasteiger partial charge on any atom is -0.504 e. The van der Waals surface area contributed by atoms with Crippen LogP contribution in [0.4, 0.5) is 0 Å². The summed E-state index contributed by atoms with van der Waals surface area (Å²) in [5.41, 5.74) is 0. The average Bonchev–Trinajstić information content (AvgIpc) is 2.33. The van der Waals surface area contributed by atoms with E-state index in [-0.39, 0.29) is 12.0 Å². The standard InChI is InChI=1S/C12H16O4/c1-14-11-8-9(5-6-10(11)13)16-12-4-2-3-7-15-12/h5-6,8,12-13H,2-4,7H2,1H3/t12-/m1/s1. The second kappa shape index (κ2) is 5.07. The van der Waals surface area contributed by atoms with Gasteiger partial charge in [-0.25, -0.2) is 0 Å². The summed E-state index contributed by atoms with van der Waals surface area (Å²) in [4.78, 5) is 0. The molecule has 0 radical (unpaired) electrons. The number of benzene rings is 1. The van der Waals surface area contributed by atoms with E-state index in [1.54, 1.807) is 18.2 Å². The molecular weight excluding hydrogens is 208 g/mol. The van der Waals surface area contributed by atoms with Gasteiger partial charge in [0.25, 0.3) is 0 Å². The molecule has 0 unspecified atom stereocenters. The Morgan fingerprint density at radius 3 is 2.94 bits per heavy atom. The zero-order valence-electron chi connectivity index (χ0n) is 9.31. The summed E-state index contributed by atoms with van der Waals surface area (Å²) in [5, 5.41) is 9.43. The molecule has 1 heterocycles. The fourth-order valence-corrected chi connectivity index (χ4v) is 1.69. The van der Waals surface area contributed by atoms with Crippen molar-refractivity contribution in [1.82, 2.24) is 0 Å². The molecule has 1 aliphatic rings. The Hall–Kier alpha value is -1.42. The molecule has 1 atom stereocenters. The van der Waals surface area contributed by atoms with E-state index < -0.39 is 0 Å². The van der Waals surface area contributed by atoms with Gasteiger partial charge >= 0.3 is 0 Å². The molecule has 0 amide bonds. The number of aromatic hydroxyl groups is 1. The maximum absolute atomic E-state index is 9.43. The zero-order chi connectivity index (χ0) is 11.4. The van der Waals surface area contributed by atoms with Crippen molar-refractivity contribution in [2.75, 3.05) is 13.7 Å². The first-order valence-corrected chi connectivity index (χ1v) is 5.45. The Kier molecular flexibility index (Phi) is 3.51. The van der Waals surface area contributed by atoms with Gasteiger partial charge in [0, 0.05) is 12.5 Å². The van der Waals surface area contributed by atoms with Gasteiger partial charge in [-0.1, -0.05) is 0 Å². The molecule has 1 N–H and O–H groups in total. The van der Waals surface area contributed by atoms with E-state index in [2.05, 4.69) is 0 Å². The first-order chi connectivity index (χ1) is 7.79. The molecule has 1 aromatic rings. The summed E-state index contributed by atoms with van der Waals surface area (Å²) < 4.78 is 16.1. The van der Waals surface area contributed by atoms with Crippen molar-refractivity contribution in [1.29, 1.82) is 0 Å². The van der Waals surface area contributed by atoms with Gasteiger partial charge in [0.1, 0.15) is 5.75 Å². The molecule has 1 aliphatic heterocycles. The maximum atomic E-state index is 9.43. The van der Waals surface area contributed by atoms with Crippen LogP contribution in [0.15, 0.2) is 18.2 Å². The third-order valence-electron chi connectivity index (χ3n) is 2.56. The molecular formula is C12H16O4. The number of methoxy groups -OCH3 is 1. The SMILES string of the molecule is COc1cc(O[C@@H]2CCCCO2)ccc1O. The second-order valence-corrected chi connectivity index (χ2v) is 3.75. The highest BCUT2D eigenvalue weighted by Crippen LogP contribution is 2.31. The van der Waals surface area contributed by atoms with E-state index in [4.69, 9.17) is 14.2 Å². The van der Waals surface area contributed by atoms with Crippen molar-refractivity contribution in [2.45, 2.75) is 25.6 Å². The van der Waals surface area contributed by atoms with Gasteiger partial charge in [0.15, 0.2) is 17.8 Å². The van der Waals surface area contributed by atoms with Crippen molar-refractivity contribution in [3.05, 3.63) is 18.2 Å². The Labute approximate surface area is 94.8 Å². The zero-order valence-corrected chi connectivity index (χ0v) is 9.31. The molecule has 0 bridgehead atoms. The third-order valence-corrected chi connectivity index (χ3v) is 2.56. The molecule has 1 saturated heterocycles. The molecule has 1 fully saturated rings. The van der Waals surface area contributed by atoms with Crippen LogP contribution in [-0.4, -0.2) is 25.1 Å². The summed E-state index contributed by atoms with van der Waals surface area (Å²) in [6.07, 6.45) is 2.95. The van der Waals surface area contributed by atoms with E-state index in [1.165, 1.54) is 7.11 Å². The van der Waals surface area contributed by atoms with Crippen molar-refractivity contribution in [3.63, 3.8) is 0 Å². The molecule has 2 rings (SSSR count). The second-order valence-electron chi connectivity index (χ2n) is 3.75. The van der Waals surface area contributed by atoms with Crippen molar-refractivity contribution in [2.24, 2.45) is 0 Å². The smallest absolute Gasteiger partial charge is 0.199 e. The van der Waals surface area contributed by atoms with E-state index in [1.807, 2.05) is 0 Å². The molecule has 16 heavy (non-hydrogen) atoms. The van der Waals surface area contributed by atoms with Gasteiger partial charge in [0.05, 0.1) is 13.7 Å². The Morgan fingerprint density at radius 1 is 1.38 bits per heavy atom. The third kappa shape index (κ3) is 2.58. The largest absolute Gasteiger partial charge is 0.504 e. The topological polar surface area (TPSA) is 47.9 Å². The first-order valence-electron chi connectivity index (χ1n) is 5.45. The lowest BCUT2D eigenvalue weighted by molar-refractivity contribution is -0.105. The van der Waals surface area contributed by atoms with Crippen LogP contribution in [0.2, 0.25) is 0 Å². The lowest BCUT2D eigenvalue weighted by atomic mass is 10.2. The molecule has 1 aromatic carbocycles. The van der Waals surface area contributed by atoms with Gasteiger partial charge in [-0.05, 0) is 25.0 Å². The van der Waals surface area contributed by atoms with Gasteiger partial charge in [-0.2, -0.15) is 0 Å². The van der Waals surface area contributed by atoms with Crippen LogP contribution < -0.4 is 9.47 Å². The van der Waals surface area contributed by atoms with Crippen LogP contribution in [0, 0.1) is 0 Å². The fraction of sp³-hybridized carbons (Fsp3) is 0.500. The van der Waals surface area contributed by atoms with Crippen LogP contribution in [-0.2, 0) is 4.74 Å². The van der Waals surface area contributed by atoms with E-state index >= 15 is 0 Å². The highest BCUT2D eigenvalue weighted by atomic mass is 16.7. The molecule has 0 saturated carbocycles. The minimum atomic E-state index is -0.178. The highest BCUT2D eigenvalue weighted by molar-refractivity contribution is 5.44. The van der Waals surface area contributed by atoms with Crippen LogP contribution in [0.25, 0.3) is 0 Å². The summed E-state index contributed by atoms with van der Waals surface area (Å²) >= 11 is 0. The normalized spacial score (nSPS) is 20.4. The molecule has 4 nitrogen and oxygen atoms in total. The molecule has 0 aromatic heterocycles. The summed E-state index contributed by atoms with van der Waals surface area (Å²) in [7, 11) is 1.51. The average molecular weight is 224 g/mol. The van der Waals surface area contributed by atoms with Gasteiger partial charge in [0.2, 0.25) is 0 Å². The Morgan fingerprint density at radius 2 is 2.25 bits per heavy atom. The van der Waals surface area contributed by atoms with Crippen molar-refractivity contribution >= 4 is 0 Å². The Balaban J connectivity index is 2.03. The number of ether oxygens (including phenoxy) is 3. The number of rotatable bonds is 3. The number of hydrogen-bond acceptors (Lipinski definition) is 4. The minimum absolute atomic E-state index is 0.111. The van der Waals surface area contributed by atoms with Crippen LogP contribution in [0.3, 0.4) is 0 Å². The van der Waals surface area contributed by atoms with E-state index in [0.717, 1.165) is 25.9 Å². The van der Waals surface area contributed by atoms with Crippen LogP contribution >= 0.6 is 0 Å². The predicted molar refractivity (Wildman–Crippen MR) is 58.9 cm³/mol. The van der Waals surface area contributed by atoms with E-state index in [9.17, 15) is 5.11 Å². The van der Waals surface area contributed by atoms with Gasteiger partial charge in [-0.3, -0.25) is 0 Å². The summed E-state index contributed by atoms with van der Waals surface area (Å²) in [6.45, 7) is 0.750. The lowest BCUT2D eigenvalue weighted by Gasteiger charge is -2.23. The Bertz CT molecular complexity index is 345. The molecule has 0 spiro atoms. The molecule has 88 valence electrons. The number of phenolic OH excluding ortho intramolecular Hbond substituents is 1. The predicted octanol–water partition coefficient (Wildman–Crippen LogP) is 2.31. The number of hydrogen-bond donors (Lipinski definition) is 1. The first kappa shape index (κ1) is 11.1. The van der Waals surface area contributed by atoms with Crippen molar-refractivity contribution in [3.8, 4) is 17.2 Å². The summed E-state index contributed by atoms with van der Waals surface area (Å²) in [5.74, 6) is 1.18. The van der Waals surface area contributed by atoms with Gasteiger partial charge < -0.3 is 19.3 Å². The number of phenols is 1. The quantitative estimate of drug-likeness (QED) is 0.855. The monoisotopic (exact) mass is 224 g/mol. The van der Waals surface area contributed by atoms with Gasteiger partial charge in [-0.15, -0.1) is 0 Å². The summed E-state index contributed by atoms with van der Waals surface area (Å²) in [6, 6.07) is 4.92. The van der Waals surface area contributed by atoms with Crippen LogP contribution in [0.5, 0.6) is 17.2 Å². The maximum Gasteiger partial charge on any atom is 0.199 e. The van der Waals surface area contributed by atoms with Crippen molar-refractivity contribution < 1.29 is 19.3 Å². The highest BCUT2D eigenvalue weighted by Gasteiger charge is 2.15. The lowest BCUT2D eigenvalue weighted by Crippen LogP contribution is -2.24. The fourth-order valence-electron chi connectivity index (χ4n) is 1.69. The van der Waals surface area contributed by atoms with E-state index in [0.29, 0.717) is 11.5 Å².